The van der Waals surface area contributed by atoms with Crippen molar-refractivity contribution in [1.29, 1.82) is 0 Å². The molecule has 2 heteroatoms. The summed E-state index contributed by atoms with van der Waals surface area (Å²) in [5.41, 5.74) is 2.40. The van der Waals surface area contributed by atoms with Crippen LogP contribution in [-0.4, -0.2) is 19.3 Å². The summed E-state index contributed by atoms with van der Waals surface area (Å²) in [5.74, 6) is 0. The minimum absolute atomic E-state index is 0.954. The van der Waals surface area contributed by atoms with E-state index in [0.29, 0.717) is 0 Å². The van der Waals surface area contributed by atoms with E-state index in [0.717, 1.165) is 13.1 Å². The van der Waals surface area contributed by atoms with Crippen molar-refractivity contribution in [2.45, 2.75) is 12.8 Å². The Balaban J connectivity index is 2.28. The third-order valence-corrected chi connectivity index (χ3v) is 2.22. The van der Waals surface area contributed by atoms with Gasteiger partial charge in [-0.1, -0.05) is 18.2 Å². The summed E-state index contributed by atoms with van der Waals surface area (Å²) in [5, 5.41) is 3.41. The van der Waals surface area contributed by atoms with E-state index in [4.69, 9.17) is 0 Å². The summed E-state index contributed by atoms with van der Waals surface area (Å²) >= 11 is 0. The van der Waals surface area contributed by atoms with Gasteiger partial charge in [-0.3, -0.25) is 4.99 Å². The van der Waals surface area contributed by atoms with Crippen molar-refractivity contribution in [3.63, 3.8) is 0 Å². The Morgan fingerprint density at radius 2 is 2.08 bits per heavy atom. The van der Waals surface area contributed by atoms with Crippen molar-refractivity contribution >= 4 is 11.9 Å². The van der Waals surface area contributed by atoms with E-state index < -0.39 is 0 Å². The molecule has 0 aromatic heterocycles. The van der Waals surface area contributed by atoms with E-state index in [1.165, 1.54) is 24.1 Å². The van der Waals surface area contributed by atoms with E-state index >= 15 is 0 Å². The molecule has 0 radical (unpaired) electrons. The number of aliphatic imine (C=N–C) groups is 1. The fraction of sp³-hybridized carbons (Fsp3) is 0.364. The zero-order valence-corrected chi connectivity index (χ0v) is 7.66. The summed E-state index contributed by atoms with van der Waals surface area (Å²) in [6.07, 6.45) is 4.34. The van der Waals surface area contributed by atoms with Gasteiger partial charge in [-0.15, -0.1) is 0 Å². The number of anilines is 1. The molecular weight excluding hydrogens is 160 g/mol. The number of para-hydroxylation sites is 1. The molecule has 1 aromatic carbocycles. The fourth-order valence-electron chi connectivity index (χ4n) is 1.48. The Bertz CT molecular complexity index is 305. The van der Waals surface area contributed by atoms with Crippen molar-refractivity contribution in [3.8, 4) is 0 Å². The van der Waals surface area contributed by atoms with Crippen LogP contribution in [0, 0.1) is 0 Å². The Hall–Kier alpha value is -1.31. The number of nitrogens with zero attached hydrogens (tertiary/aromatic N) is 1. The molecule has 0 spiro atoms. The van der Waals surface area contributed by atoms with Crippen molar-refractivity contribution in [3.05, 3.63) is 29.8 Å². The second-order valence-corrected chi connectivity index (χ2v) is 3.26. The highest BCUT2D eigenvalue weighted by molar-refractivity contribution is 5.87. The van der Waals surface area contributed by atoms with E-state index in [2.05, 4.69) is 28.5 Å². The fourth-order valence-corrected chi connectivity index (χ4v) is 1.48. The van der Waals surface area contributed by atoms with Crippen LogP contribution in [0.3, 0.4) is 0 Å². The quantitative estimate of drug-likeness (QED) is 0.641. The minimum atomic E-state index is 0.954. The van der Waals surface area contributed by atoms with Gasteiger partial charge in [0.05, 0.1) is 0 Å². The molecule has 1 aliphatic heterocycles. The molecule has 68 valence electrons. The summed E-state index contributed by atoms with van der Waals surface area (Å²) in [6, 6.07) is 8.30. The van der Waals surface area contributed by atoms with Crippen LogP contribution in [0.2, 0.25) is 0 Å². The van der Waals surface area contributed by atoms with Crippen LogP contribution in [0.5, 0.6) is 0 Å². The smallest absolute Gasteiger partial charge is 0.0429 e. The maximum atomic E-state index is 4.37. The highest BCUT2D eigenvalue weighted by Crippen LogP contribution is 2.13. The highest BCUT2D eigenvalue weighted by Gasteiger charge is 1.99. The molecule has 0 saturated carbocycles. The first-order valence-corrected chi connectivity index (χ1v) is 4.79. The minimum Gasteiger partial charge on any atom is -0.385 e. The van der Waals surface area contributed by atoms with Gasteiger partial charge in [0.2, 0.25) is 0 Å². The molecule has 0 saturated heterocycles. The molecule has 0 aliphatic carbocycles. The molecule has 1 aromatic rings. The molecule has 2 nitrogen and oxygen atoms in total. The first kappa shape index (κ1) is 8.30. The van der Waals surface area contributed by atoms with Gasteiger partial charge in [0.1, 0.15) is 0 Å². The van der Waals surface area contributed by atoms with Gasteiger partial charge in [0.15, 0.2) is 0 Å². The number of benzene rings is 1. The largest absolute Gasteiger partial charge is 0.385 e. The van der Waals surface area contributed by atoms with Crippen LogP contribution in [0.4, 0.5) is 5.69 Å². The lowest BCUT2D eigenvalue weighted by molar-refractivity contribution is 0.779. The SMILES string of the molecule is C1=NCCCCNc2ccccc21. The number of rotatable bonds is 0. The lowest BCUT2D eigenvalue weighted by Gasteiger charge is -2.06. The molecule has 13 heavy (non-hydrogen) atoms. The lowest BCUT2D eigenvalue weighted by Crippen LogP contribution is -2.02. The lowest BCUT2D eigenvalue weighted by atomic mass is 10.2. The Morgan fingerprint density at radius 3 is 3.08 bits per heavy atom. The van der Waals surface area contributed by atoms with Crippen molar-refractivity contribution in [2.75, 3.05) is 18.4 Å². The molecule has 1 heterocycles. The van der Waals surface area contributed by atoms with Crippen molar-refractivity contribution in [2.24, 2.45) is 4.99 Å². The zero-order chi connectivity index (χ0) is 8.93. The van der Waals surface area contributed by atoms with Crippen LogP contribution < -0.4 is 5.32 Å². The first-order valence-electron chi connectivity index (χ1n) is 4.79. The molecule has 0 atom stereocenters. The van der Waals surface area contributed by atoms with Crippen LogP contribution in [0.1, 0.15) is 18.4 Å². The van der Waals surface area contributed by atoms with E-state index in [1.807, 2.05) is 12.3 Å². The summed E-state index contributed by atoms with van der Waals surface area (Å²) in [7, 11) is 0. The Kier molecular flexibility index (Phi) is 2.60. The Labute approximate surface area is 78.7 Å². The number of fused-ring (bicyclic) bond motifs is 1. The highest BCUT2D eigenvalue weighted by atomic mass is 14.9. The second-order valence-electron chi connectivity index (χ2n) is 3.26. The predicted octanol–water partition coefficient (Wildman–Crippen LogP) is 2.31. The summed E-state index contributed by atoms with van der Waals surface area (Å²) < 4.78 is 0. The molecule has 0 bridgehead atoms. The van der Waals surface area contributed by atoms with Gasteiger partial charge < -0.3 is 5.32 Å². The average Bonchev–Trinajstić information content (AvgIpc) is 2.28. The van der Waals surface area contributed by atoms with Crippen LogP contribution in [0.25, 0.3) is 0 Å². The average molecular weight is 174 g/mol. The van der Waals surface area contributed by atoms with Crippen LogP contribution in [-0.2, 0) is 0 Å². The molecule has 0 unspecified atom stereocenters. The van der Waals surface area contributed by atoms with Crippen LogP contribution >= 0.6 is 0 Å². The number of hydrogen-bond donors (Lipinski definition) is 1. The maximum absolute atomic E-state index is 4.37. The van der Waals surface area contributed by atoms with E-state index in [-0.39, 0.29) is 0 Å². The molecule has 0 fully saturated rings. The van der Waals surface area contributed by atoms with Crippen molar-refractivity contribution in [1.82, 2.24) is 0 Å². The first-order chi connectivity index (χ1) is 6.47. The van der Waals surface area contributed by atoms with Crippen molar-refractivity contribution < 1.29 is 0 Å². The van der Waals surface area contributed by atoms with Gasteiger partial charge in [-0.05, 0) is 18.9 Å². The number of hydrogen-bond acceptors (Lipinski definition) is 2. The second kappa shape index (κ2) is 4.08. The molecule has 1 aliphatic rings. The normalized spacial score (nSPS) is 16.3. The maximum Gasteiger partial charge on any atom is 0.0429 e. The third kappa shape index (κ3) is 2.08. The van der Waals surface area contributed by atoms with E-state index in [9.17, 15) is 0 Å². The molecule has 1 N–H and O–H groups in total. The molecule has 2 rings (SSSR count). The van der Waals surface area contributed by atoms with Gasteiger partial charge >= 0.3 is 0 Å². The third-order valence-electron chi connectivity index (χ3n) is 2.22. The van der Waals surface area contributed by atoms with Gasteiger partial charge in [0.25, 0.3) is 0 Å². The van der Waals surface area contributed by atoms with Gasteiger partial charge in [-0.25, -0.2) is 0 Å². The van der Waals surface area contributed by atoms with Crippen LogP contribution in [0.15, 0.2) is 29.3 Å². The van der Waals surface area contributed by atoms with Gasteiger partial charge in [-0.2, -0.15) is 0 Å². The van der Waals surface area contributed by atoms with Gasteiger partial charge in [0, 0.05) is 30.6 Å². The number of nitrogens with one attached hydrogen (secondary N) is 1. The van der Waals surface area contributed by atoms with E-state index in [1.54, 1.807) is 0 Å². The standard InChI is InChI=1S/C11H14N2/c1-2-6-11-10(5-1)9-12-7-3-4-8-13-11/h1-2,5-6,9,13H,3-4,7-8H2. The monoisotopic (exact) mass is 174 g/mol. The molecule has 0 amide bonds. The summed E-state index contributed by atoms with van der Waals surface area (Å²) in [4.78, 5) is 4.37. The molecular formula is C11H14N2. The topological polar surface area (TPSA) is 24.4 Å². The summed E-state index contributed by atoms with van der Waals surface area (Å²) in [6.45, 7) is 2.01. The predicted molar refractivity (Wildman–Crippen MR) is 56.6 cm³/mol. The Morgan fingerprint density at radius 1 is 1.15 bits per heavy atom. The zero-order valence-electron chi connectivity index (χ0n) is 7.66.